The quantitative estimate of drug-likeness (QED) is 0.910. The highest BCUT2D eigenvalue weighted by molar-refractivity contribution is 5.86. The normalized spacial score (nSPS) is 19.6. The highest BCUT2D eigenvalue weighted by atomic mass is 15.1. The largest absolute Gasteiger partial charge is 0.350 e. The molecule has 1 fully saturated rings. The van der Waals surface area contributed by atoms with Crippen LogP contribution < -0.4 is 5.73 Å². The van der Waals surface area contributed by atoms with E-state index in [4.69, 9.17) is 5.73 Å². The first kappa shape index (κ1) is 13.7. The van der Waals surface area contributed by atoms with Crippen molar-refractivity contribution in [2.75, 3.05) is 26.7 Å². The molecule has 108 valence electrons. The first-order valence-electron chi connectivity index (χ1n) is 7.50. The van der Waals surface area contributed by atoms with E-state index >= 15 is 0 Å². The molecule has 0 amide bonds. The van der Waals surface area contributed by atoms with Gasteiger partial charge in [0.1, 0.15) is 0 Å². The van der Waals surface area contributed by atoms with Gasteiger partial charge in [0.15, 0.2) is 0 Å². The molecule has 0 spiro atoms. The van der Waals surface area contributed by atoms with Crippen molar-refractivity contribution in [2.45, 2.75) is 25.2 Å². The van der Waals surface area contributed by atoms with Crippen LogP contribution in [0.5, 0.6) is 0 Å². The molecule has 2 aromatic rings. The standard InChI is InChI=1S/C17H25N3/c1-13-4-5-16-14(10-13)15(11-20(16)3)17(12-18)6-8-19(2)9-7-17/h4-5,10-11H,6-9,12,18H2,1-3H3. The fourth-order valence-electron chi connectivity index (χ4n) is 3.56. The molecule has 20 heavy (non-hydrogen) atoms. The summed E-state index contributed by atoms with van der Waals surface area (Å²) < 4.78 is 2.25. The molecule has 0 saturated carbocycles. The summed E-state index contributed by atoms with van der Waals surface area (Å²) in [6, 6.07) is 6.74. The second kappa shape index (κ2) is 4.90. The summed E-state index contributed by atoms with van der Waals surface area (Å²) in [5, 5.41) is 1.39. The van der Waals surface area contributed by atoms with Crippen LogP contribution in [0.4, 0.5) is 0 Å². The van der Waals surface area contributed by atoms with E-state index in [0.29, 0.717) is 0 Å². The number of aromatic nitrogens is 1. The van der Waals surface area contributed by atoms with Crippen molar-refractivity contribution in [3.8, 4) is 0 Å². The first-order valence-corrected chi connectivity index (χ1v) is 7.50. The van der Waals surface area contributed by atoms with Crippen molar-refractivity contribution in [3.05, 3.63) is 35.5 Å². The second-order valence-corrected chi connectivity index (χ2v) is 6.46. The van der Waals surface area contributed by atoms with E-state index in [-0.39, 0.29) is 5.41 Å². The molecular formula is C17H25N3. The number of hydrogen-bond donors (Lipinski definition) is 1. The Kier molecular flexibility index (Phi) is 3.35. The average molecular weight is 271 g/mol. The predicted octanol–water partition coefficient (Wildman–Crippen LogP) is 2.41. The topological polar surface area (TPSA) is 34.2 Å². The van der Waals surface area contributed by atoms with Crippen LogP contribution in [0.25, 0.3) is 10.9 Å². The summed E-state index contributed by atoms with van der Waals surface area (Å²) in [4.78, 5) is 2.41. The smallest absolute Gasteiger partial charge is 0.0480 e. The highest BCUT2D eigenvalue weighted by Crippen LogP contribution is 2.39. The summed E-state index contributed by atoms with van der Waals surface area (Å²) in [5.41, 5.74) is 10.5. The zero-order valence-electron chi connectivity index (χ0n) is 12.8. The second-order valence-electron chi connectivity index (χ2n) is 6.46. The average Bonchev–Trinajstić information content (AvgIpc) is 2.77. The van der Waals surface area contributed by atoms with Gasteiger partial charge in [0, 0.05) is 36.1 Å². The van der Waals surface area contributed by atoms with E-state index in [2.05, 4.69) is 54.9 Å². The van der Waals surface area contributed by atoms with Crippen LogP contribution in [-0.4, -0.2) is 36.1 Å². The van der Waals surface area contributed by atoms with Gasteiger partial charge in [-0.1, -0.05) is 11.6 Å². The van der Waals surface area contributed by atoms with E-state index < -0.39 is 0 Å². The number of nitrogens with zero attached hydrogens (tertiary/aromatic N) is 2. The van der Waals surface area contributed by atoms with Crippen molar-refractivity contribution >= 4 is 10.9 Å². The summed E-state index contributed by atoms with van der Waals surface area (Å²) in [6.45, 7) is 5.19. The number of fused-ring (bicyclic) bond motifs is 1. The molecule has 1 saturated heterocycles. The van der Waals surface area contributed by atoms with Crippen LogP contribution in [0.3, 0.4) is 0 Å². The molecule has 1 aliphatic rings. The Bertz CT molecular complexity index is 618. The molecule has 1 aliphatic heterocycles. The summed E-state index contributed by atoms with van der Waals surface area (Å²) >= 11 is 0. The van der Waals surface area contributed by atoms with Crippen molar-refractivity contribution in [1.29, 1.82) is 0 Å². The van der Waals surface area contributed by atoms with E-state index in [1.165, 1.54) is 22.0 Å². The van der Waals surface area contributed by atoms with Crippen LogP contribution in [0.2, 0.25) is 0 Å². The van der Waals surface area contributed by atoms with E-state index in [9.17, 15) is 0 Å². The van der Waals surface area contributed by atoms with Gasteiger partial charge in [-0.15, -0.1) is 0 Å². The molecule has 2 heterocycles. The molecule has 0 bridgehead atoms. The zero-order chi connectivity index (χ0) is 14.3. The first-order chi connectivity index (χ1) is 9.55. The van der Waals surface area contributed by atoms with Gasteiger partial charge in [-0.2, -0.15) is 0 Å². The number of benzene rings is 1. The Morgan fingerprint density at radius 3 is 2.55 bits per heavy atom. The van der Waals surface area contributed by atoms with Crippen LogP contribution in [0.1, 0.15) is 24.0 Å². The molecule has 1 aromatic heterocycles. The Morgan fingerprint density at radius 2 is 1.90 bits per heavy atom. The lowest BCUT2D eigenvalue weighted by atomic mass is 9.72. The van der Waals surface area contributed by atoms with Gasteiger partial charge in [0.05, 0.1) is 0 Å². The lowest BCUT2D eigenvalue weighted by Gasteiger charge is -2.40. The maximum absolute atomic E-state index is 6.23. The summed E-state index contributed by atoms with van der Waals surface area (Å²) in [5.74, 6) is 0. The van der Waals surface area contributed by atoms with Crippen LogP contribution >= 0.6 is 0 Å². The van der Waals surface area contributed by atoms with E-state index in [0.717, 1.165) is 32.5 Å². The SMILES string of the molecule is Cc1ccc2c(c1)c(C1(CN)CCN(C)CC1)cn2C. The lowest BCUT2D eigenvalue weighted by Crippen LogP contribution is -2.45. The third kappa shape index (κ3) is 2.05. The molecule has 0 aliphatic carbocycles. The van der Waals surface area contributed by atoms with Crippen molar-refractivity contribution in [3.63, 3.8) is 0 Å². The monoisotopic (exact) mass is 271 g/mol. The number of nitrogens with two attached hydrogens (primary N) is 1. The number of hydrogen-bond acceptors (Lipinski definition) is 2. The van der Waals surface area contributed by atoms with Crippen molar-refractivity contribution in [1.82, 2.24) is 9.47 Å². The molecule has 3 nitrogen and oxygen atoms in total. The summed E-state index contributed by atoms with van der Waals surface area (Å²) in [6.07, 6.45) is 4.63. The van der Waals surface area contributed by atoms with Gasteiger partial charge in [-0.05, 0) is 57.6 Å². The fraction of sp³-hybridized carbons (Fsp3) is 0.529. The number of piperidine rings is 1. The van der Waals surface area contributed by atoms with Crippen LogP contribution in [0, 0.1) is 6.92 Å². The number of rotatable bonds is 2. The van der Waals surface area contributed by atoms with E-state index in [1.54, 1.807) is 0 Å². The predicted molar refractivity (Wildman–Crippen MR) is 85.1 cm³/mol. The maximum atomic E-state index is 6.23. The van der Waals surface area contributed by atoms with Gasteiger partial charge >= 0.3 is 0 Å². The Labute approximate surface area is 121 Å². The maximum Gasteiger partial charge on any atom is 0.0480 e. The number of aryl methyl sites for hydroxylation is 2. The fourth-order valence-corrected chi connectivity index (χ4v) is 3.56. The van der Waals surface area contributed by atoms with Crippen LogP contribution in [-0.2, 0) is 12.5 Å². The van der Waals surface area contributed by atoms with Crippen molar-refractivity contribution in [2.24, 2.45) is 12.8 Å². The molecule has 3 heteroatoms. The van der Waals surface area contributed by atoms with Gasteiger partial charge < -0.3 is 15.2 Å². The molecule has 0 radical (unpaired) electrons. The van der Waals surface area contributed by atoms with Crippen molar-refractivity contribution < 1.29 is 0 Å². The molecular weight excluding hydrogens is 246 g/mol. The third-order valence-corrected chi connectivity index (χ3v) is 5.05. The molecule has 3 rings (SSSR count). The minimum Gasteiger partial charge on any atom is -0.350 e. The minimum absolute atomic E-state index is 0.153. The van der Waals surface area contributed by atoms with Gasteiger partial charge in [0.2, 0.25) is 0 Å². The highest BCUT2D eigenvalue weighted by Gasteiger charge is 2.36. The zero-order valence-corrected chi connectivity index (χ0v) is 12.8. The molecule has 1 aromatic carbocycles. The third-order valence-electron chi connectivity index (χ3n) is 5.05. The summed E-state index contributed by atoms with van der Waals surface area (Å²) in [7, 11) is 4.34. The van der Waals surface area contributed by atoms with Gasteiger partial charge in [-0.25, -0.2) is 0 Å². The minimum atomic E-state index is 0.153. The van der Waals surface area contributed by atoms with Gasteiger partial charge in [-0.3, -0.25) is 0 Å². The Balaban J connectivity index is 2.14. The number of likely N-dealkylation sites (tertiary alicyclic amines) is 1. The van der Waals surface area contributed by atoms with E-state index in [1.807, 2.05) is 0 Å². The molecule has 2 N–H and O–H groups in total. The van der Waals surface area contributed by atoms with Crippen LogP contribution in [0.15, 0.2) is 24.4 Å². The molecule has 0 unspecified atom stereocenters. The Morgan fingerprint density at radius 1 is 1.20 bits per heavy atom. The lowest BCUT2D eigenvalue weighted by molar-refractivity contribution is 0.192. The van der Waals surface area contributed by atoms with Gasteiger partial charge in [0.25, 0.3) is 0 Å². The Hall–Kier alpha value is -1.32. The molecule has 0 atom stereocenters.